The quantitative estimate of drug-likeness (QED) is 0.690. The van der Waals surface area contributed by atoms with Gasteiger partial charge < -0.3 is 15.0 Å². The first kappa shape index (κ1) is 23.3. The molecular weight excluding hydrogens is 444 g/mol. The minimum absolute atomic E-state index is 0.0338. The molecule has 33 heavy (non-hydrogen) atoms. The van der Waals surface area contributed by atoms with Gasteiger partial charge >= 0.3 is 12.3 Å². The van der Waals surface area contributed by atoms with E-state index in [1.54, 1.807) is 25.7 Å². The first-order chi connectivity index (χ1) is 15.1. The average Bonchev–Trinajstić information content (AvgIpc) is 3.00. The van der Waals surface area contributed by atoms with Crippen molar-refractivity contribution in [2.75, 3.05) is 13.1 Å². The Kier molecular flexibility index (Phi) is 5.18. The Hall–Kier alpha value is -2.85. The lowest BCUT2D eigenvalue weighted by Gasteiger charge is -2.27. The molecule has 3 heterocycles. The monoisotopic (exact) mass is 470 g/mol. The summed E-state index contributed by atoms with van der Waals surface area (Å²) >= 11 is 0. The average molecular weight is 470 g/mol. The summed E-state index contributed by atoms with van der Waals surface area (Å²) < 4.78 is 61.1. The number of fused-ring (bicyclic) bond motifs is 2. The van der Waals surface area contributed by atoms with Crippen molar-refractivity contribution in [2.24, 2.45) is 17.8 Å². The maximum absolute atomic E-state index is 14.2. The lowest BCUT2D eigenvalue weighted by Crippen LogP contribution is -2.45. The van der Waals surface area contributed by atoms with Crippen molar-refractivity contribution in [1.82, 2.24) is 19.6 Å². The number of likely N-dealkylation sites (tertiary alicyclic amines) is 1. The van der Waals surface area contributed by atoms with Gasteiger partial charge in [-0.2, -0.15) is 13.2 Å². The van der Waals surface area contributed by atoms with E-state index in [0.29, 0.717) is 13.1 Å². The summed E-state index contributed by atoms with van der Waals surface area (Å²) in [4.78, 5) is 30.4. The van der Waals surface area contributed by atoms with E-state index >= 15 is 0 Å². The summed E-state index contributed by atoms with van der Waals surface area (Å²) in [6.45, 7) is 9.13. The van der Waals surface area contributed by atoms with Crippen molar-refractivity contribution < 1.29 is 31.9 Å². The Morgan fingerprint density at radius 1 is 1.12 bits per heavy atom. The zero-order chi connectivity index (χ0) is 24.5. The maximum atomic E-state index is 14.2. The fourth-order valence-corrected chi connectivity index (χ4v) is 4.58. The summed E-state index contributed by atoms with van der Waals surface area (Å²) in [5, 5.41) is 2.78. The minimum Gasteiger partial charge on any atom is -0.444 e. The molecule has 2 aromatic heterocycles. The number of amides is 2. The van der Waals surface area contributed by atoms with Crippen molar-refractivity contribution in [3.63, 3.8) is 0 Å². The van der Waals surface area contributed by atoms with Gasteiger partial charge in [0.2, 0.25) is 5.91 Å². The molecule has 2 aliphatic rings. The molecule has 1 saturated heterocycles. The van der Waals surface area contributed by atoms with Crippen LogP contribution in [0.5, 0.6) is 0 Å². The number of rotatable bonds is 3. The number of halogens is 4. The number of carbonyl (C=O) groups excluding carboxylic acids is 2. The molecule has 180 valence electrons. The van der Waals surface area contributed by atoms with Gasteiger partial charge in [0.1, 0.15) is 22.8 Å². The van der Waals surface area contributed by atoms with Crippen molar-refractivity contribution in [1.29, 1.82) is 0 Å². The molecule has 1 aliphatic carbocycles. The van der Waals surface area contributed by atoms with Crippen LogP contribution in [0.3, 0.4) is 0 Å². The molecule has 0 radical (unpaired) electrons. The van der Waals surface area contributed by atoms with Crippen molar-refractivity contribution in [3.8, 4) is 0 Å². The third kappa shape index (κ3) is 4.24. The van der Waals surface area contributed by atoms with Crippen molar-refractivity contribution in [3.05, 3.63) is 35.7 Å². The molecular formula is C22H26F4N4O3. The van der Waals surface area contributed by atoms with Crippen LogP contribution in [0.25, 0.3) is 5.52 Å². The second kappa shape index (κ2) is 7.33. The molecule has 11 heteroatoms. The van der Waals surface area contributed by atoms with Crippen LogP contribution in [0.4, 0.5) is 22.4 Å². The third-order valence-electron chi connectivity index (χ3n) is 6.03. The Morgan fingerprint density at radius 2 is 1.73 bits per heavy atom. The minimum atomic E-state index is -4.86. The standard InChI is InChI=1S/C22H26F4N4O3/c1-20(2,3)33-19(32)29-9-11-12(10-29)14(11)17(31)28-21(4,5)18-27-16(22(24,25)26)15-13(23)7-6-8-30(15)18/h6-8,11-12,14H,9-10H2,1-5H3,(H,28,31). The number of nitrogens with one attached hydrogen (secondary N) is 1. The van der Waals surface area contributed by atoms with Gasteiger partial charge in [0, 0.05) is 25.2 Å². The van der Waals surface area contributed by atoms with Crippen LogP contribution < -0.4 is 5.32 Å². The van der Waals surface area contributed by atoms with Gasteiger partial charge in [-0.25, -0.2) is 14.2 Å². The first-order valence-electron chi connectivity index (χ1n) is 10.6. The Labute approximate surface area is 188 Å². The SMILES string of the molecule is CC(C)(C)OC(=O)N1CC2C(C1)C2C(=O)NC(C)(C)c1nc(C(F)(F)F)c2c(F)cccn12. The summed E-state index contributed by atoms with van der Waals surface area (Å²) in [6, 6.07) is 2.21. The highest BCUT2D eigenvalue weighted by molar-refractivity contribution is 5.84. The lowest BCUT2D eigenvalue weighted by atomic mass is 10.0. The number of carbonyl (C=O) groups is 2. The molecule has 1 N–H and O–H groups in total. The van der Waals surface area contributed by atoms with E-state index in [4.69, 9.17) is 4.74 Å². The highest BCUT2D eigenvalue weighted by Gasteiger charge is 2.61. The number of nitrogens with zero attached hydrogens (tertiary/aromatic N) is 3. The molecule has 2 aromatic rings. The number of pyridine rings is 1. The van der Waals surface area contributed by atoms with E-state index in [9.17, 15) is 27.2 Å². The van der Waals surface area contributed by atoms with Gasteiger partial charge in [-0.3, -0.25) is 9.20 Å². The van der Waals surface area contributed by atoms with E-state index in [0.717, 1.165) is 10.5 Å². The summed E-state index contributed by atoms with van der Waals surface area (Å²) in [6.07, 6.45) is -4.00. The van der Waals surface area contributed by atoms with E-state index in [1.165, 1.54) is 26.1 Å². The summed E-state index contributed by atoms with van der Waals surface area (Å²) in [5.41, 5.74) is -3.95. The molecule has 0 spiro atoms. The summed E-state index contributed by atoms with van der Waals surface area (Å²) in [5.74, 6) is -1.93. The Bertz CT molecular complexity index is 1110. The van der Waals surface area contributed by atoms with E-state index in [-0.39, 0.29) is 29.5 Å². The van der Waals surface area contributed by atoms with Crippen LogP contribution in [-0.2, 0) is 21.2 Å². The van der Waals surface area contributed by atoms with Crippen LogP contribution in [0.15, 0.2) is 18.3 Å². The normalized spacial score (nSPS) is 22.9. The number of hydrogen-bond acceptors (Lipinski definition) is 4. The van der Waals surface area contributed by atoms with Crippen LogP contribution in [0, 0.1) is 23.6 Å². The number of aromatic nitrogens is 2. The van der Waals surface area contributed by atoms with Crippen LogP contribution in [0.1, 0.15) is 46.1 Å². The fourth-order valence-electron chi connectivity index (χ4n) is 4.58. The van der Waals surface area contributed by atoms with Crippen LogP contribution in [-0.4, -0.2) is 45.0 Å². The lowest BCUT2D eigenvalue weighted by molar-refractivity contribution is -0.139. The molecule has 2 fully saturated rings. The molecule has 0 aromatic carbocycles. The van der Waals surface area contributed by atoms with E-state index < -0.39 is 40.4 Å². The zero-order valence-electron chi connectivity index (χ0n) is 19.0. The summed E-state index contributed by atoms with van der Waals surface area (Å²) in [7, 11) is 0. The second-order valence-electron chi connectivity index (χ2n) is 10.2. The highest BCUT2D eigenvalue weighted by Crippen LogP contribution is 2.52. The molecule has 2 amide bonds. The maximum Gasteiger partial charge on any atom is 0.435 e. The van der Waals surface area contributed by atoms with Crippen LogP contribution in [0.2, 0.25) is 0 Å². The molecule has 7 nitrogen and oxygen atoms in total. The molecule has 1 saturated carbocycles. The largest absolute Gasteiger partial charge is 0.444 e. The van der Waals surface area contributed by atoms with Crippen molar-refractivity contribution >= 4 is 17.5 Å². The van der Waals surface area contributed by atoms with Crippen molar-refractivity contribution in [2.45, 2.75) is 51.9 Å². The molecule has 2 unspecified atom stereocenters. The van der Waals surface area contributed by atoms with Crippen LogP contribution >= 0.6 is 0 Å². The smallest absolute Gasteiger partial charge is 0.435 e. The highest BCUT2D eigenvalue weighted by atomic mass is 19.4. The van der Waals surface area contributed by atoms with Gasteiger partial charge in [-0.1, -0.05) is 0 Å². The third-order valence-corrected chi connectivity index (χ3v) is 6.03. The molecule has 1 aliphatic heterocycles. The first-order valence-corrected chi connectivity index (χ1v) is 10.6. The topological polar surface area (TPSA) is 75.9 Å². The van der Waals surface area contributed by atoms with Gasteiger partial charge in [0.25, 0.3) is 0 Å². The number of alkyl halides is 3. The second-order valence-corrected chi connectivity index (χ2v) is 10.2. The van der Waals surface area contributed by atoms with Gasteiger partial charge in [-0.05, 0) is 58.6 Å². The van der Waals surface area contributed by atoms with E-state index in [2.05, 4.69) is 10.3 Å². The molecule has 2 atom stereocenters. The van der Waals surface area contributed by atoms with E-state index in [1.807, 2.05) is 0 Å². The van der Waals surface area contributed by atoms with Gasteiger partial charge in [-0.15, -0.1) is 0 Å². The molecule has 0 bridgehead atoms. The Balaban J connectivity index is 1.49. The number of piperidine rings is 1. The predicted octanol–water partition coefficient (Wildman–Crippen LogP) is 3.96. The number of imidazole rings is 1. The predicted molar refractivity (Wildman–Crippen MR) is 110 cm³/mol. The number of hydrogen-bond donors (Lipinski definition) is 1. The molecule has 4 rings (SSSR count). The fraction of sp³-hybridized carbons (Fsp3) is 0.591. The number of ether oxygens (including phenoxy) is 1. The van der Waals surface area contributed by atoms with Gasteiger partial charge in [0.15, 0.2) is 5.69 Å². The zero-order valence-corrected chi connectivity index (χ0v) is 19.0. The Morgan fingerprint density at radius 3 is 2.27 bits per heavy atom. The van der Waals surface area contributed by atoms with Gasteiger partial charge in [0.05, 0.1) is 5.54 Å².